The second kappa shape index (κ2) is 33.4. The molecule has 324 valence electrons. The van der Waals surface area contributed by atoms with E-state index >= 15 is 0 Å². The van der Waals surface area contributed by atoms with Gasteiger partial charge in [0.25, 0.3) is 0 Å². The fourth-order valence-electron chi connectivity index (χ4n) is 6.96. The molecule has 0 radical (unpaired) electrons. The van der Waals surface area contributed by atoms with Gasteiger partial charge in [0.2, 0.25) is 0 Å². The molecule has 15 heteroatoms. The van der Waals surface area contributed by atoms with Crippen molar-refractivity contribution in [1.82, 2.24) is 44.9 Å². The summed E-state index contributed by atoms with van der Waals surface area (Å²) >= 11 is 0. The minimum absolute atomic E-state index is 0.337. The molecular formula is C39H93N15. The fraction of sp³-hybridized carbons (Fsp3) is 1.00. The second-order valence-electron chi connectivity index (χ2n) is 15.8. The van der Waals surface area contributed by atoms with E-state index < -0.39 is 0 Å². The SMILES string of the molecule is CCC(N)CN1CCN(CC(N)CC)CC1.CCC(N)CN1CCN(CCN)CC1.CCC(N)CN1CCNCC1.CNCCN1CCN(CCN)CC1. The van der Waals surface area contributed by atoms with Crippen LogP contribution < -0.4 is 45.0 Å². The molecule has 0 aromatic carbocycles. The maximum atomic E-state index is 5.97. The van der Waals surface area contributed by atoms with E-state index in [1.807, 2.05) is 7.05 Å². The van der Waals surface area contributed by atoms with E-state index in [1.54, 1.807) is 0 Å². The number of piperazine rings is 4. The van der Waals surface area contributed by atoms with Gasteiger partial charge >= 0.3 is 0 Å². The number of rotatable bonds is 19. The molecule has 4 heterocycles. The molecule has 4 rings (SSSR count). The average Bonchev–Trinajstić information content (AvgIpc) is 3.20. The summed E-state index contributed by atoms with van der Waals surface area (Å²) in [5.41, 5.74) is 34.7. The molecule has 0 bridgehead atoms. The molecule has 0 aromatic rings. The van der Waals surface area contributed by atoms with Crippen molar-refractivity contribution in [3.63, 3.8) is 0 Å². The van der Waals surface area contributed by atoms with Crippen LogP contribution in [0.4, 0.5) is 0 Å². The first-order valence-electron chi connectivity index (χ1n) is 21.9. The van der Waals surface area contributed by atoms with Crippen LogP contribution in [0.25, 0.3) is 0 Å². The molecule has 4 saturated heterocycles. The lowest BCUT2D eigenvalue weighted by Crippen LogP contribution is -2.52. The molecule has 0 spiro atoms. The molecule has 4 unspecified atom stereocenters. The minimum atomic E-state index is 0.337. The number of nitrogens with one attached hydrogen (secondary N) is 2. The van der Waals surface area contributed by atoms with Crippen molar-refractivity contribution in [1.29, 1.82) is 0 Å². The van der Waals surface area contributed by atoms with Gasteiger partial charge in [-0.15, -0.1) is 0 Å². The Morgan fingerprint density at radius 3 is 0.944 bits per heavy atom. The van der Waals surface area contributed by atoms with Crippen LogP contribution >= 0.6 is 0 Å². The van der Waals surface area contributed by atoms with Crippen molar-refractivity contribution in [3.05, 3.63) is 0 Å². The van der Waals surface area contributed by atoms with Gasteiger partial charge in [-0.1, -0.05) is 27.7 Å². The highest BCUT2D eigenvalue weighted by Gasteiger charge is 2.20. The molecule has 4 fully saturated rings. The number of likely N-dealkylation sites (N-methyl/N-ethyl adjacent to an activating group) is 1. The summed E-state index contributed by atoms with van der Waals surface area (Å²) < 4.78 is 0. The van der Waals surface area contributed by atoms with Crippen molar-refractivity contribution < 1.29 is 0 Å². The minimum Gasteiger partial charge on any atom is -0.329 e. The molecule has 4 atom stereocenters. The summed E-state index contributed by atoms with van der Waals surface area (Å²) in [5.74, 6) is 0. The van der Waals surface area contributed by atoms with Gasteiger partial charge in [0.05, 0.1) is 0 Å². The summed E-state index contributed by atoms with van der Waals surface area (Å²) in [4.78, 5) is 17.2. The van der Waals surface area contributed by atoms with Crippen LogP contribution in [-0.2, 0) is 0 Å². The van der Waals surface area contributed by atoms with Crippen LogP contribution in [0.15, 0.2) is 0 Å². The van der Waals surface area contributed by atoms with Gasteiger partial charge in [0, 0.05) is 194 Å². The molecule has 0 saturated carbocycles. The van der Waals surface area contributed by atoms with Gasteiger partial charge in [-0.3, -0.25) is 34.3 Å². The van der Waals surface area contributed by atoms with Crippen LogP contribution in [0, 0.1) is 0 Å². The Morgan fingerprint density at radius 1 is 0.426 bits per heavy atom. The first-order valence-corrected chi connectivity index (χ1v) is 21.9. The van der Waals surface area contributed by atoms with Crippen LogP contribution in [-0.4, -0.2) is 236 Å². The van der Waals surface area contributed by atoms with Gasteiger partial charge < -0.3 is 45.0 Å². The molecular weight excluding hydrogens is 679 g/mol. The summed E-state index contributed by atoms with van der Waals surface area (Å²) in [6.45, 7) is 37.2. The summed E-state index contributed by atoms with van der Waals surface area (Å²) in [5, 5.41) is 6.50. The van der Waals surface area contributed by atoms with Gasteiger partial charge in [-0.25, -0.2) is 0 Å². The highest BCUT2D eigenvalue weighted by atomic mass is 15.3. The molecule has 15 nitrogen and oxygen atoms in total. The first kappa shape index (κ1) is 51.4. The number of nitrogens with zero attached hydrogens (tertiary/aromatic N) is 7. The third kappa shape index (κ3) is 25.6. The van der Waals surface area contributed by atoms with Crippen molar-refractivity contribution in [2.45, 2.75) is 77.5 Å². The second-order valence-corrected chi connectivity index (χ2v) is 15.8. The fourth-order valence-corrected chi connectivity index (χ4v) is 6.96. The van der Waals surface area contributed by atoms with Crippen LogP contribution in [0.3, 0.4) is 0 Å². The van der Waals surface area contributed by atoms with Crippen molar-refractivity contribution in [2.24, 2.45) is 34.4 Å². The molecule has 0 aliphatic carbocycles. The van der Waals surface area contributed by atoms with E-state index in [0.717, 1.165) is 163 Å². The highest BCUT2D eigenvalue weighted by Crippen LogP contribution is 2.05. The van der Waals surface area contributed by atoms with Crippen molar-refractivity contribution in [2.75, 3.05) is 177 Å². The van der Waals surface area contributed by atoms with Gasteiger partial charge in [0.1, 0.15) is 0 Å². The third-order valence-electron chi connectivity index (χ3n) is 11.2. The zero-order chi connectivity index (χ0) is 40.0. The first-order chi connectivity index (χ1) is 26.1. The smallest absolute Gasteiger partial charge is 0.0165 e. The number of hydrogen-bond acceptors (Lipinski definition) is 15. The van der Waals surface area contributed by atoms with E-state index in [2.05, 4.69) is 72.6 Å². The van der Waals surface area contributed by atoms with Gasteiger partial charge in [0.15, 0.2) is 0 Å². The molecule has 0 aromatic heterocycles. The lowest BCUT2D eigenvalue weighted by atomic mass is 10.2. The standard InChI is InChI=1S/C12H28N4.C10H24N4.C9H22N4.C8H19N3/c1-3-11(13)9-15-5-7-16(8-6-15)10-12(14)4-2;1-2-10(12)9-14-7-5-13(4-3-11)6-8-14;1-11-3-5-13-8-6-12(4-2-10)7-9-13;1-2-8(9)7-11-5-3-10-4-6-11/h11-12H,3-10,13-14H2,1-2H3;10H,2-9,11-12H2,1H3;11H,2-10H2,1H3;8,10H,2-7,9H2,1H3. The van der Waals surface area contributed by atoms with E-state index in [1.165, 1.54) is 32.7 Å². The van der Waals surface area contributed by atoms with E-state index in [-0.39, 0.29) is 0 Å². The Labute approximate surface area is 333 Å². The van der Waals surface area contributed by atoms with Crippen molar-refractivity contribution in [3.8, 4) is 0 Å². The maximum Gasteiger partial charge on any atom is 0.0165 e. The Kier molecular flexibility index (Phi) is 31.8. The number of nitrogens with two attached hydrogens (primary N) is 6. The topological polar surface area (TPSA) is 203 Å². The summed E-state index contributed by atoms with van der Waals surface area (Å²) in [7, 11) is 2.00. The van der Waals surface area contributed by atoms with Crippen LogP contribution in [0.2, 0.25) is 0 Å². The quantitative estimate of drug-likeness (QED) is 0.0702. The maximum absolute atomic E-state index is 5.97. The Bertz CT molecular complexity index is 779. The largest absolute Gasteiger partial charge is 0.329 e. The predicted octanol–water partition coefficient (Wildman–Crippen LogP) is -2.21. The van der Waals surface area contributed by atoms with Crippen LogP contribution in [0.5, 0.6) is 0 Å². The van der Waals surface area contributed by atoms with E-state index in [4.69, 9.17) is 34.4 Å². The van der Waals surface area contributed by atoms with E-state index in [9.17, 15) is 0 Å². The molecule has 4 aliphatic heterocycles. The predicted molar refractivity (Wildman–Crippen MR) is 233 cm³/mol. The average molecular weight is 772 g/mol. The Morgan fingerprint density at radius 2 is 0.685 bits per heavy atom. The third-order valence-corrected chi connectivity index (χ3v) is 11.2. The Hall–Kier alpha value is -0.600. The summed E-state index contributed by atoms with van der Waals surface area (Å²) in [6, 6.07) is 1.39. The van der Waals surface area contributed by atoms with E-state index in [0.29, 0.717) is 24.2 Å². The zero-order valence-corrected chi connectivity index (χ0v) is 36.1. The molecule has 0 amide bonds. The number of hydrogen-bond donors (Lipinski definition) is 8. The zero-order valence-electron chi connectivity index (χ0n) is 36.1. The molecule has 4 aliphatic rings. The monoisotopic (exact) mass is 772 g/mol. The van der Waals surface area contributed by atoms with Gasteiger partial charge in [-0.05, 0) is 32.7 Å². The van der Waals surface area contributed by atoms with Gasteiger partial charge in [-0.2, -0.15) is 0 Å². The van der Waals surface area contributed by atoms with Crippen LogP contribution in [0.1, 0.15) is 53.4 Å². The summed E-state index contributed by atoms with van der Waals surface area (Å²) in [6.07, 6.45) is 4.30. The molecule has 14 N–H and O–H groups in total. The normalized spacial score (nSPS) is 22.5. The molecule has 54 heavy (non-hydrogen) atoms. The highest BCUT2D eigenvalue weighted by molar-refractivity contribution is 4.78. The Balaban J connectivity index is 0.000000363. The van der Waals surface area contributed by atoms with Crippen molar-refractivity contribution >= 4 is 0 Å². The lowest BCUT2D eigenvalue weighted by Gasteiger charge is -2.36. The lowest BCUT2D eigenvalue weighted by molar-refractivity contribution is 0.121.